The molecule has 2 aromatic carbocycles. The molecule has 0 aliphatic carbocycles. The highest BCUT2D eigenvalue weighted by molar-refractivity contribution is 7.92. The van der Waals surface area contributed by atoms with Crippen LogP contribution >= 0.6 is 0 Å². The lowest BCUT2D eigenvalue weighted by Crippen LogP contribution is -2.47. The standard InChI is InChI=1S/C23H32N4O5S/c1-33(30,31)26-20-5-9-22(10-6-20)32-21-7-3-18(4-8-21)17-27-14-11-19(12-15-27)25-23(29)24-13-2-16-28/h3-10,19,26,28H,2,11-17H2,1H3,(H2,24,25,29). The van der Waals surface area contributed by atoms with Crippen molar-refractivity contribution in [2.75, 3.05) is 37.2 Å². The number of hydrogen-bond donors (Lipinski definition) is 4. The molecule has 0 bridgehead atoms. The predicted octanol–water partition coefficient (Wildman–Crippen LogP) is 2.50. The van der Waals surface area contributed by atoms with Crippen LogP contribution in [0.5, 0.6) is 11.5 Å². The van der Waals surface area contributed by atoms with Crippen molar-refractivity contribution < 1.29 is 23.1 Å². The fraction of sp³-hybridized carbons (Fsp3) is 0.435. The van der Waals surface area contributed by atoms with Crippen molar-refractivity contribution in [3.8, 4) is 11.5 Å². The van der Waals surface area contributed by atoms with Gasteiger partial charge in [0.1, 0.15) is 11.5 Å². The van der Waals surface area contributed by atoms with E-state index in [0.29, 0.717) is 30.2 Å². The number of nitrogens with zero attached hydrogens (tertiary/aromatic N) is 1. The Morgan fingerprint density at radius 1 is 1.06 bits per heavy atom. The molecule has 10 heteroatoms. The summed E-state index contributed by atoms with van der Waals surface area (Å²) in [4.78, 5) is 14.2. The fourth-order valence-electron chi connectivity index (χ4n) is 3.62. The molecule has 0 unspecified atom stereocenters. The summed E-state index contributed by atoms with van der Waals surface area (Å²) in [5.41, 5.74) is 1.67. The SMILES string of the molecule is CS(=O)(=O)Nc1ccc(Oc2ccc(CN3CCC(NC(=O)NCCCO)CC3)cc2)cc1. The number of urea groups is 1. The largest absolute Gasteiger partial charge is 0.457 e. The normalized spacial score (nSPS) is 15.1. The van der Waals surface area contributed by atoms with Gasteiger partial charge in [-0.3, -0.25) is 9.62 Å². The molecule has 0 spiro atoms. The zero-order valence-corrected chi connectivity index (χ0v) is 19.6. The third-order valence-electron chi connectivity index (χ3n) is 5.27. The molecule has 3 rings (SSSR count). The summed E-state index contributed by atoms with van der Waals surface area (Å²) in [5, 5.41) is 14.5. The lowest BCUT2D eigenvalue weighted by Gasteiger charge is -2.32. The lowest BCUT2D eigenvalue weighted by atomic mass is 10.0. The molecule has 1 aliphatic heterocycles. The van der Waals surface area contributed by atoms with Gasteiger partial charge in [-0.05, 0) is 61.2 Å². The molecule has 4 N–H and O–H groups in total. The first-order valence-corrected chi connectivity index (χ1v) is 12.9. The summed E-state index contributed by atoms with van der Waals surface area (Å²) < 4.78 is 30.8. The molecule has 1 heterocycles. The number of rotatable bonds is 10. The van der Waals surface area contributed by atoms with Gasteiger partial charge < -0.3 is 20.5 Å². The van der Waals surface area contributed by atoms with Crippen LogP contribution in [0.25, 0.3) is 0 Å². The van der Waals surface area contributed by atoms with E-state index in [1.807, 2.05) is 24.3 Å². The summed E-state index contributed by atoms with van der Waals surface area (Å²) in [6.07, 6.45) is 3.47. The van der Waals surface area contributed by atoms with Crippen LogP contribution in [0.3, 0.4) is 0 Å². The molecular weight excluding hydrogens is 444 g/mol. The maximum absolute atomic E-state index is 11.8. The topological polar surface area (TPSA) is 120 Å². The molecule has 9 nitrogen and oxygen atoms in total. The van der Waals surface area contributed by atoms with Crippen LogP contribution in [0.1, 0.15) is 24.8 Å². The van der Waals surface area contributed by atoms with Crippen molar-refractivity contribution in [1.29, 1.82) is 0 Å². The van der Waals surface area contributed by atoms with Crippen LogP contribution in [0.15, 0.2) is 48.5 Å². The highest BCUT2D eigenvalue weighted by Crippen LogP contribution is 2.24. The number of carbonyl (C=O) groups excluding carboxylic acids is 1. The Labute approximate surface area is 195 Å². The fourth-order valence-corrected chi connectivity index (χ4v) is 4.18. The molecule has 2 amide bonds. The van der Waals surface area contributed by atoms with Crippen molar-refractivity contribution in [3.63, 3.8) is 0 Å². The van der Waals surface area contributed by atoms with E-state index in [4.69, 9.17) is 9.84 Å². The molecule has 33 heavy (non-hydrogen) atoms. The summed E-state index contributed by atoms with van der Waals surface area (Å²) in [6, 6.07) is 14.7. The summed E-state index contributed by atoms with van der Waals surface area (Å²) in [7, 11) is -3.30. The highest BCUT2D eigenvalue weighted by Gasteiger charge is 2.20. The Bertz CT molecular complexity index is 989. The van der Waals surface area contributed by atoms with Crippen LogP contribution in [0.4, 0.5) is 10.5 Å². The van der Waals surface area contributed by atoms with Crippen molar-refractivity contribution in [3.05, 3.63) is 54.1 Å². The number of aliphatic hydroxyl groups is 1. The van der Waals surface area contributed by atoms with Gasteiger partial charge in [-0.1, -0.05) is 12.1 Å². The molecule has 0 atom stereocenters. The minimum Gasteiger partial charge on any atom is -0.457 e. The Morgan fingerprint density at radius 3 is 2.24 bits per heavy atom. The highest BCUT2D eigenvalue weighted by atomic mass is 32.2. The van der Waals surface area contributed by atoms with Gasteiger partial charge in [-0.25, -0.2) is 13.2 Å². The van der Waals surface area contributed by atoms with Crippen LogP contribution in [0, 0.1) is 0 Å². The number of likely N-dealkylation sites (tertiary alicyclic amines) is 1. The first-order valence-electron chi connectivity index (χ1n) is 11.0. The number of amides is 2. The second kappa shape index (κ2) is 11.9. The van der Waals surface area contributed by atoms with Crippen molar-refractivity contribution in [2.24, 2.45) is 0 Å². The van der Waals surface area contributed by atoms with E-state index >= 15 is 0 Å². The van der Waals surface area contributed by atoms with Gasteiger partial charge in [0.2, 0.25) is 10.0 Å². The Morgan fingerprint density at radius 2 is 1.67 bits per heavy atom. The molecule has 2 aromatic rings. The predicted molar refractivity (Wildman–Crippen MR) is 128 cm³/mol. The van der Waals surface area contributed by atoms with Gasteiger partial charge in [0.05, 0.1) is 6.26 Å². The number of nitrogens with one attached hydrogen (secondary N) is 3. The first kappa shape index (κ1) is 24.8. The summed E-state index contributed by atoms with van der Waals surface area (Å²) in [5.74, 6) is 1.33. The van der Waals surface area contributed by atoms with Gasteiger partial charge in [0.15, 0.2) is 0 Å². The van der Waals surface area contributed by atoms with Crippen LogP contribution in [0.2, 0.25) is 0 Å². The number of carbonyl (C=O) groups is 1. The van der Waals surface area contributed by atoms with E-state index in [1.165, 1.54) is 5.56 Å². The van der Waals surface area contributed by atoms with Crippen molar-refractivity contribution in [1.82, 2.24) is 15.5 Å². The van der Waals surface area contributed by atoms with E-state index in [-0.39, 0.29) is 18.7 Å². The van der Waals surface area contributed by atoms with Gasteiger partial charge in [-0.2, -0.15) is 0 Å². The monoisotopic (exact) mass is 476 g/mol. The number of hydrogen-bond acceptors (Lipinski definition) is 6. The van der Waals surface area contributed by atoms with Crippen LogP contribution < -0.4 is 20.1 Å². The van der Waals surface area contributed by atoms with Crippen molar-refractivity contribution >= 4 is 21.7 Å². The first-order chi connectivity index (χ1) is 15.8. The number of ether oxygens (including phenoxy) is 1. The van der Waals surface area contributed by atoms with E-state index in [9.17, 15) is 13.2 Å². The zero-order valence-electron chi connectivity index (χ0n) is 18.8. The van der Waals surface area contributed by atoms with Crippen LogP contribution in [-0.4, -0.2) is 63.0 Å². The Kier molecular flexibility index (Phi) is 8.93. The van der Waals surface area contributed by atoms with Gasteiger partial charge >= 0.3 is 6.03 Å². The Balaban J connectivity index is 1.41. The third kappa shape index (κ3) is 8.91. The van der Waals surface area contributed by atoms with Crippen molar-refractivity contribution in [2.45, 2.75) is 31.8 Å². The quantitative estimate of drug-likeness (QED) is 0.391. The zero-order chi connectivity index (χ0) is 23.7. The lowest BCUT2D eigenvalue weighted by molar-refractivity contribution is 0.186. The van der Waals surface area contributed by atoms with E-state index in [1.54, 1.807) is 24.3 Å². The van der Waals surface area contributed by atoms with Gasteiger partial charge in [0, 0.05) is 44.5 Å². The number of piperidine rings is 1. The molecule has 1 fully saturated rings. The number of benzene rings is 2. The molecule has 1 aliphatic rings. The average molecular weight is 477 g/mol. The summed E-state index contributed by atoms with van der Waals surface area (Å²) >= 11 is 0. The molecule has 0 radical (unpaired) electrons. The molecule has 0 saturated carbocycles. The smallest absolute Gasteiger partial charge is 0.315 e. The number of sulfonamides is 1. The third-order valence-corrected chi connectivity index (χ3v) is 5.87. The minimum absolute atomic E-state index is 0.0733. The second-order valence-corrected chi connectivity index (χ2v) is 9.92. The average Bonchev–Trinajstić information content (AvgIpc) is 2.77. The minimum atomic E-state index is -3.30. The Hall–Kier alpha value is -2.82. The number of anilines is 1. The van der Waals surface area contributed by atoms with Crippen LogP contribution in [-0.2, 0) is 16.6 Å². The maximum atomic E-state index is 11.8. The molecule has 0 aromatic heterocycles. The maximum Gasteiger partial charge on any atom is 0.315 e. The van der Waals surface area contributed by atoms with E-state index in [2.05, 4.69) is 20.3 Å². The molecule has 1 saturated heterocycles. The van der Waals surface area contributed by atoms with E-state index < -0.39 is 10.0 Å². The number of aliphatic hydroxyl groups excluding tert-OH is 1. The van der Waals surface area contributed by atoms with E-state index in [0.717, 1.165) is 38.7 Å². The van der Waals surface area contributed by atoms with Gasteiger partial charge in [-0.15, -0.1) is 0 Å². The van der Waals surface area contributed by atoms with Gasteiger partial charge in [0.25, 0.3) is 0 Å². The molecular formula is C23H32N4O5S. The summed E-state index contributed by atoms with van der Waals surface area (Å²) in [6.45, 7) is 3.21. The second-order valence-electron chi connectivity index (χ2n) is 8.17. The molecule has 180 valence electrons.